The van der Waals surface area contributed by atoms with Crippen LogP contribution in [0.2, 0.25) is 0 Å². The van der Waals surface area contributed by atoms with Crippen molar-refractivity contribution in [1.29, 1.82) is 0 Å². The van der Waals surface area contributed by atoms with E-state index in [0.29, 0.717) is 6.54 Å². The van der Waals surface area contributed by atoms with Crippen LogP contribution in [0.3, 0.4) is 0 Å². The molecule has 0 radical (unpaired) electrons. The van der Waals surface area contributed by atoms with Crippen LogP contribution in [-0.2, 0) is 6.54 Å². The van der Waals surface area contributed by atoms with Crippen LogP contribution in [0.25, 0.3) is 11.1 Å². The molecule has 2 aromatic rings. The predicted molar refractivity (Wildman–Crippen MR) is 63.1 cm³/mol. The van der Waals surface area contributed by atoms with Gasteiger partial charge in [0.15, 0.2) is 0 Å². The third kappa shape index (κ3) is 2.22. The van der Waals surface area contributed by atoms with Crippen molar-refractivity contribution in [3.8, 4) is 11.1 Å². The molecule has 0 saturated carbocycles. The average molecular weight is 264 g/mol. The summed E-state index contributed by atoms with van der Waals surface area (Å²) in [6, 6.07) is 8.05. The number of hydrogen-bond donors (Lipinski definition) is 1. The molecule has 1 heterocycles. The van der Waals surface area contributed by atoms with Crippen LogP contribution in [0.4, 0.5) is 0 Å². The maximum absolute atomic E-state index is 5.64. The molecular formula is C11H10BrN3. The Morgan fingerprint density at radius 3 is 2.40 bits per heavy atom. The van der Waals surface area contributed by atoms with E-state index in [0.717, 1.165) is 21.2 Å². The first-order valence-electron chi connectivity index (χ1n) is 4.57. The summed E-state index contributed by atoms with van der Waals surface area (Å²) in [6.07, 6.45) is 3.45. The van der Waals surface area contributed by atoms with Gasteiger partial charge in [-0.2, -0.15) is 10.2 Å². The Morgan fingerprint density at radius 2 is 1.73 bits per heavy atom. The van der Waals surface area contributed by atoms with Crippen LogP contribution in [0.5, 0.6) is 0 Å². The second kappa shape index (κ2) is 4.51. The summed E-state index contributed by atoms with van der Waals surface area (Å²) in [5.74, 6) is 0. The quantitative estimate of drug-likeness (QED) is 0.905. The third-order valence-corrected chi connectivity index (χ3v) is 2.72. The molecule has 0 unspecified atom stereocenters. The lowest BCUT2D eigenvalue weighted by Crippen LogP contribution is -2.00. The Kier molecular flexibility index (Phi) is 3.08. The predicted octanol–water partition coefficient (Wildman–Crippen LogP) is 2.36. The number of rotatable bonds is 2. The van der Waals surface area contributed by atoms with E-state index in [1.165, 1.54) is 0 Å². The molecule has 1 aromatic carbocycles. The summed E-state index contributed by atoms with van der Waals surface area (Å²) in [6.45, 7) is 0.473. The second-order valence-electron chi connectivity index (χ2n) is 3.14. The summed E-state index contributed by atoms with van der Waals surface area (Å²) in [7, 11) is 0. The van der Waals surface area contributed by atoms with Crippen molar-refractivity contribution in [3.05, 3.63) is 46.7 Å². The molecule has 0 aliphatic rings. The minimum atomic E-state index is 0.473. The van der Waals surface area contributed by atoms with Crippen molar-refractivity contribution in [2.24, 2.45) is 5.73 Å². The molecule has 0 atom stereocenters. The molecule has 0 spiro atoms. The van der Waals surface area contributed by atoms with E-state index in [1.54, 1.807) is 12.4 Å². The highest BCUT2D eigenvalue weighted by atomic mass is 79.9. The molecule has 0 bridgehead atoms. The standard InChI is InChI=1S/C11H10BrN3/c12-10-3-1-8(2-4-10)11-7-15-14-6-9(11)5-13/h1-4,6-7H,5,13H2. The Morgan fingerprint density at radius 1 is 1.07 bits per heavy atom. The maximum Gasteiger partial charge on any atom is 0.0577 e. The van der Waals surface area contributed by atoms with Gasteiger partial charge in [0.25, 0.3) is 0 Å². The summed E-state index contributed by atoms with van der Waals surface area (Å²) in [5.41, 5.74) is 8.79. The minimum Gasteiger partial charge on any atom is -0.326 e. The van der Waals surface area contributed by atoms with Crippen LogP contribution in [0, 0.1) is 0 Å². The van der Waals surface area contributed by atoms with Crippen molar-refractivity contribution >= 4 is 15.9 Å². The Labute approximate surface area is 96.5 Å². The topological polar surface area (TPSA) is 51.8 Å². The van der Waals surface area contributed by atoms with Gasteiger partial charge < -0.3 is 5.73 Å². The number of halogens is 1. The average Bonchev–Trinajstić information content (AvgIpc) is 2.30. The first kappa shape index (κ1) is 10.3. The van der Waals surface area contributed by atoms with Gasteiger partial charge in [0.1, 0.15) is 0 Å². The zero-order valence-corrected chi connectivity index (χ0v) is 9.61. The van der Waals surface area contributed by atoms with E-state index in [4.69, 9.17) is 5.73 Å². The number of nitrogens with zero attached hydrogens (tertiary/aromatic N) is 2. The first-order valence-corrected chi connectivity index (χ1v) is 5.36. The van der Waals surface area contributed by atoms with Gasteiger partial charge in [-0.25, -0.2) is 0 Å². The largest absolute Gasteiger partial charge is 0.326 e. The van der Waals surface area contributed by atoms with Gasteiger partial charge in [-0.3, -0.25) is 0 Å². The highest BCUT2D eigenvalue weighted by Crippen LogP contribution is 2.23. The fraction of sp³-hybridized carbons (Fsp3) is 0.0909. The molecule has 2 N–H and O–H groups in total. The molecule has 0 aliphatic carbocycles. The van der Waals surface area contributed by atoms with Gasteiger partial charge in [0, 0.05) is 16.6 Å². The zero-order chi connectivity index (χ0) is 10.7. The van der Waals surface area contributed by atoms with Gasteiger partial charge in [-0.15, -0.1) is 0 Å². The fourth-order valence-corrected chi connectivity index (χ4v) is 1.66. The van der Waals surface area contributed by atoms with E-state index in [-0.39, 0.29) is 0 Å². The SMILES string of the molecule is NCc1cnncc1-c1ccc(Br)cc1. The highest BCUT2D eigenvalue weighted by molar-refractivity contribution is 9.10. The molecule has 76 valence electrons. The molecule has 0 aliphatic heterocycles. The van der Waals surface area contributed by atoms with E-state index >= 15 is 0 Å². The molecule has 2 rings (SSSR count). The number of aromatic nitrogens is 2. The van der Waals surface area contributed by atoms with E-state index in [9.17, 15) is 0 Å². The summed E-state index contributed by atoms with van der Waals surface area (Å²) < 4.78 is 1.06. The van der Waals surface area contributed by atoms with Gasteiger partial charge in [-0.1, -0.05) is 28.1 Å². The van der Waals surface area contributed by atoms with Crippen molar-refractivity contribution in [3.63, 3.8) is 0 Å². The highest BCUT2D eigenvalue weighted by Gasteiger charge is 2.03. The maximum atomic E-state index is 5.64. The lowest BCUT2D eigenvalue weighted by molar-refractivity contribution is 0.969. The smallest absolute Gasteiger partial charge is 0.0577 e. The number of hydrogen-bond acceptors (Lipinski definition) is 3. The van der Waals surface area contributed by atoms with Gasteiger partial charge in [-0.05, 0) is 23.3 Å². The molecule has 4 heteroatoms. The number of benzene rings is 1. The lowest BCUT2D eigenvalue weighted by Gasteiger charge is -2.05. The van der Waals surface area contributed by atoms with Crippen LogP contribution in [0.15, 0.2) is 41.1 Å². The first-order chi connectivity index (χ1) is 7.31. The van der Waals surface area contributed by atoms with Gasteiger partial charge >= 0.3 is 0 Å². The van der Waals surface area contributed by atoms with Crippen molar-refractivity contribution in [1.82, 2.24) is 10.2 Å². The van der Waals surface area contributed by atoms with Gasteiger partial charge in [0.2, 0.25) is 0 Å². The minimum absolute atomic E-state index is 0.473. The second-order valence-corrected chi connectivity index (χ2v) is 4.05. The molecule has 0 fully saturated rings. The van der Waals surface area contributed by atoms with Crippen molar-refractivity contribution < 1.29 is 0 Å². The summed E-state index contributed by atoms with van der Waals surface area (Å²) in [4.78, 5) is 0. The molecule has 0 saturated heterocycles. The zero-order valence-electron chi connectivity index (χ0n) is 8.02. The monoisotopic (exact) mass is 263 g/mol. The summed E-state index contributed by atoms with van der Waals surface area (Å²) in [5, 5.41) is 7.69. The normalized spacial score (nSPS) is 10.3. The van der Waals surface area contributed by atoms with Crippen LogP contribution in [0.1, 0.15) is 5.56 Å². The molecule has 3 nitrogen and oxygen atoms in total. The fourth-order valence-electron chi connectivity index (χ4n) is 1.40. The molecule has 15 heavy (non-hydrogen) atoms. The van der Waals surface area contributed by atoms with E-state index in [2.05, 4.69) is 26.1 Å². The molecule has 0 amide bonds. The third-order valence-electron chi connectivity index (χ3n) is 2.19. The molecular weight excluding hydrogens is 254 g/mol. The number of nitrogens with two attached hydrogens (primary N) is 1. The Hall–Kier alpha value is -1.26. The van der Waals surface area contributed by atoms with E-state index in [1.807, 2.05) is 24.3 Å². The molecule has 1 aromatic heterocycles. The van der Waals surface area contributed by atoms with Crippen molar-refractivity contribution in [2.75, 3.05) is 0 Å². The lowest BCUT2D eigenvalue weighted by atomic mass is 10.0. The van der Waals surface area contributed by atoms with Crippen molar-refractivity contribution in [2.45, 2.75) is 6.54 Å². The van der Waals surface area contributed by atoms with Gasteiger partial charge in [0.05, 0.1) is 12.4 Å². The Bertz CT molecular complexity index is 454. The van der Waals surface area contributed by atoms with Crippen LogP contribution >= 0.6 is 15.9 Å². The Balaban J connectivity index is 2.49. The van der Waals surface area contributed by atoms with E-state index < -0.39 is 0 Å². The summed E-state index contributed by atoms with van der Waals surface area (Å²) >= 11 is 3.40. The van der Waals surface area contributed by atoms with Crippen LogP contribution < -0.4 is 5.73 Å². The van der Waals surface area contributed by atoms with Crippen LogP contribution in [-0.4, -0.2) is 10.2 Å².